The minimum atomic E-state index is -0.449. The molecule has 1 aliphatic carbocycles. The summed E-state index contributed by atoms with van der Waals surface area (Å²) >= 11 is 0. The Morgan fingerprint density at radius 2 is 1.81 bits per heavy atom. The van der Waals surface area contributed by atoms with Gasteiger partial charge in [-0.05, 0) is 62.3 Å². The van der Waals surface area contributed by atoms with Gasteiger partial charge in [0.25, 0.3) is 5.56 Å². The third-order valence-electron chi connectivity index (χ3n) is 5.89. The SMILES string of the molecule is Cc1ccc(=O)n(CC2CCN(C(=O)C3(c4ccc(F)cc4)CC3)CC2)n1. The number of carbonyl (C=O) groups is 1. The quantitative estimate of drug-likeness (QED) is 0.833. The summed E-state index contributed by atoms with van der Waals surface area (Å²) in [4.78, 5) is 27.0. The fourth-order valence-electron chi connectivity index (χ4n) is 4.07. The van der Waals surface area contributed by atoms with Gasteiger partial charge in [-0.15, -0.1) is 0 Å². The molecule has 6 heteroatoms. The van der Waals surface area contributed by atoms with Crippen molar-refractivity contribution >= 4 is 5.91 Å². The first-order valence-electron chi connectivity index (χ1n) is 9.58. The summed E-state index contributed by atoms with van der Waals surface area (Å²) < 4.78 is 14.7. The van der Waals surface area contributed by atoms with E-state index < -0.39 is 5.41 Å². The minimum Gasteiger partial charge on any atom is -0.342 e. The summed E-state index contributed by atoms with van der Waals surface area (Å²) in [5.74, 6) is 0.239. The molecule has 27 heavy (non-hydrogen) atoms. The highest BCUT2D eigenvalue weighted by atomic mass is 19.1. The molecule has 5 nitrogen and oxygen atoms in total. The molecular weight excluding hydrogens is 345 g/mol. The van der Waals surface area contributed by atoms with Crippen LogP contribution >= 0.6 is 0 Å². The monoisotopic (exact) mass is 369 g/mol. The standard InChI is InChI=1S/C21H24FN3O2/c1-15-2-7-19(26)25(23-15)14-16-8-12-24(13-9-16)20(27)21(10-11-21)17-3-5-18(22)6-4-17/h2-7,16H,8-14H2,1H3. The molecule has 0 N–H and O–H groups in total. The van der Waals surface area contributed by atoms with Crippen LogP contribution in [-0.4, -0.2) is 33.7 Å². The van der Waals surface area contributed by atoms with E-state index in [0.717, 1.165) is 36.9 Å². The molecule has 2 aromatic rings. The molecule has 1 aliphatic heterocycles. The number of benzene rings is 1. The molecule has 142 valence electrons. The minimum absolute atomic E-state index is 0.0765. The van der Waals surface area contributed by atoms with Gasteiger partial charge >= 0.3 is 0 Å². The van der Waals surface area contributed by atoms with Gasteiger partial charge in [0, 0.05) is 25.7 Å². The van der Waals surface area contributed by atoms with E-state index in [1.807, 2.05) is 11.8 Å². The van der Waals surface area contributed by atoms with Crippen molar-refractivity contribution in [1.82, 2.24) is 14.7 Å². The van der Waals surface area contributed by atoms with Crippen molar-refractivity contribution in [3.8, 4) is 0 Å². The Labute approximate surface area is 157 Å². The molecule has 1 amide bonds. The van der Waals surface area contributed by atoms with Gasteiger partial charge < -0.3 is 4.90 Å². The number of hydrogen-bond acceptors (Lipinski definition) is 3. The van der Waals surface area contributed by atoms with Crippen molar-refractivity contribution in [2.45, 2.75) is 44.6 Å². The molecule has 0 spiro atoms. The topological polar surface area (TPSA) is 55.2 Å². The largest absolute Gasteiger partial charge is 0.342 e. The molecule has 1 saturated heterocycles. The summed E-state index contributed by atoms with van der Waals surface area (Å²) in [7, 11) is 0. The average Bonchev–Trinajstić information content (AvgIpc) is 3.47. The Hall–Kier alpha value is -2.50. The Morgan fingerprint density at radius 3 is 2.44 bits per heavy atom. The van der Waals surface area contributed by atoms with Crippen LogP contribution in [0.2, 0.25) is 0 Å². The van der Waals surface area contributed by atoms with Gasteiger partial charge in [0.1, 0.15) is 5.82 Å². The van der Waals surface area contributed by atoms with Gasteiger partial charge in [-0.1, -0.05) is 12.1 Å². The maximum absolute atomic E-state index is 13.2. The predicted molar refractivity (Wildman–Crippen MR) is 99.9 cm³/mol. The first-order valence-corrected chi connectivity index (χ1v) is 9.58. The second kappa shape index (κ2) is 6.91. The number of hydrogen-bond donors (Lipinski definition) is 0. The van der Waals surface area contributed by atoms with Gasteiger partial charge in [-0.3, -0.25) is 9.59 Å². The normalized spacial score (nSPS) is 19.1. The first-order chi connectivity index (χ1) is 13.0. The van der Waals surface area contributed by atoms with Gasteiger partial charge in [-0.2, -0.15) is 5.10 Å². The van der Waals surface area contributed by atoms with Crippen molar-refractivity contribution in [3.05, 3.63) is 63.8 Å². The highest BCUT2D eigenvalue weighted by Crippen LogP contribution is 2.50. The zero-order valence-electron chi connectivity index (χ0n) is 15.5. The van der Waals surface area contributed by atoms with Crippen molar-refractivity contribution in [1.29, 1.82) is 0 Å². The number of nitrogens with zero attached hydrogens (tertiary/aromatic N) is 3. The number of rotatable bonds is 4. The van der Waals surface area contributed by atoms with Crippen LogP contribution in [0.25, 0.3) is 0 Å². The molecule has 4 rings (SSSR count). The fourth-order valence-corrected chi connectivity index (χ4v) is 4.07. The number of aryl methyl sites for hydroxylation is 1. The van der Waals surface area contributed by atoms with E-state index in [1.54, 1.807) is 28.9 Å². The van der Waals surface area contributed by atoms with E-state index in [-0.39, 0.29) is 17.3 Å². The molecule has 1 saturated carbocycles. The van der Waals surface area contributed by atoms with Crippen LogP contribution in [0.4, 0.5) is 4.39 Å². The highest BCUT2D eigenvalue weighted by Gasteiger charge is 2.53. The lowest BCUT2D eigenvalue weighted by atomic mass is 9.91. The predicted octanol–water partition coefficient (Wildman–Crippen LogP) is 2.66. The van der Waals surface area contributed by atoms with Gasteiger partial charge in [0.15, 0.2) is 0 Å². The van der Waals surface area contributed by atoms with Gasteiger partial charge in [0.2, 0.25) is 5.91 Å². The lowest BCUT2D eigenvalue weighted by Gasteiger charge is -2.34. The van der Waals surface area contributed by atoms with Crippen LogP contribution in [0, 0.1) is 18.7 Å². The Balaban J connectivity index is 1.39. The van der Waals surface area contributed by atoms with Gasteiger partial charge in [-0.25, -0.2) is 9.07 Å². The number of aromatic nitrogens is 2. The smallest absolute Gasteiger partial charge is 0.266 e. The Bertz CT molecular complexity index is 894. The molecule has 1 aromatic heterocycles. The van der Waals surface area contributed by atoms with Crippen molar-refractivity contribution in [2.24, 2.45) is 5.92 Å². The van der Waals surface area contributed by atoms with Crippen molar-refractivity contribution < 1.29 is 9.18 Å². The van der Waals surface area contributed by atoms with Gasteiger partial charge in [0.05, 0.1) is 11.1 Å². The van der Waals surface area contributed by atoms with Crippen LogP contribution < -0.4 is 5.56 Å². The van der Waals surface area contributed by atoms with E-state index in [4.69, 9.17) is 0 Å². The van der Waals surface area contributed by atoms with Crippen molar-refractivity contribution in [3.63, 3.8) is 0 Å². The van der Waals surface area contributed by atoms with E-state index in [2.05, 4.69) is 5.10 Å². The summed E-state index contributed by atoms with van der Waals surface area (Å²) in [6.07, 6.45) is 3.40. The molecule has 2 aliphatic rings. The second-order valence-electron chi connectivity index (χ2n) is 7.82. The number of amides is 1. The van der Waals surface area contributed by atoms with Crippen LogP contribution in [0.5, 0.6) is 0 Å². The van der Waals surface area contributed by atoms with Crippen LogP contribution in [0.15, 0.2) is 41.2 Å². The Kier molecular flexibility index (Phi) is 4.58. The number of halogens is 1. The average molecular weight is 369 g/mol. The van der Waals surface area contributed by atoms with Crippen LogP contribution in [-0.2, 0) is 16.8 Å². The molecule has 0 radical (unpaired) electrons. The zero-order chi connectivity index (χ0) is 19.0. The number of likely N-dealkylation sites (tertiary alicyclic amines) is 1. The summed E-state index contributed by atoms with van der Waals surface area (Å²) in [5, 5.41) is 4.31. The fraction of sp³-hybridized carbons (Fsp3) is 0.476. The van der Waals surface area contributed by atoms with Crippen LogP contribution in [0.1, 0.15) is 36.9 Å². The lowest BCUT2D eigenvalue weighted by Crippen LogP contribution is -2.45. The molecule has 0 bridgehead atoms. The summed E-state index contributed by atoms with van der Waals surface area (Å²) in [5.41, 5.74) is 1.23. The Morgan fingerprint density at radius 1 is 1.15 bits per heavy atom. The maximum atomic E-state index is 13.2. The molecule has 1 aromatic carbocycles. The highest BCUT2D eigenvalue weighted by molar-refractivity contribution is 5.91. The lowest BCUT2D eigenvalue weighted by molar-refractivity contribution is -0.135. The first kappa shape index (κ1) is 17.9. The van der Waals surface area contributed by atoms with E-state index in [0.29, 0.717) is 25.6 Å². The van der Waals surface area contributed by atoms with Crippen molar-refractivity contribution in [2.75, 3.05) is 13.1 Å². The zero-order valence-corrected chi connectivity index (χ0v) is 15.5. The third kappa shape index (κ3) is 3.53. The third-order valence-corrected chi connectivity index (χ3v) is 5.89. The molecule has 2 heterocycles. The number of carbonyl (C=O) groups excluding carboxylic acids is 1. The maximum Gasteiger partial charge on any atom is 0.266 e. The summed E-state index contributed by atoms with van der Waals surface area (Å²) in [6.45, 7) is 3.88. The molecule has 0 atom stereocenters. The second-order valence-corrected chi connectivity index (χ2v) is 7.82. The van der Waals surface area contributed by atoms with E-state index >= 15 is 0 Å². The van der Waals surface area contributed by atoms with E-state index in [1.165, 1.54) is 12.1 Å². The summed E-state index contributed by atoms with van der Waals surface area (Å²) in [6, 6.07) is 9.62. The molecular formula is C21H24FN3O2. The molecule has 0 unspecified atom stereocenters. The number of piperidine rings is 1. The van der Waals surface area contributed by atoms with E-state index in [9.17, 15) is 14.0 Å². The van der Waals surface area contributed by atoms with Crippen LogP contribution in [0.3, 0.4) is 0 Å². The molecule has 2 fully saturated rings.